The van der Waals surface area contributed by atoms with Crippen LogP contribution in [-0.4, -0.2) is 13.0 Å². The van der Waals surface area contributed by atoms with E-state index in [9.17, 15) is 17.6 Å². The van der Waals surface area contributed by atoms with Gasteiger partial charge in [0.2, 0.25) is 0 Å². The van der Waals surface area contributed by atoms with Gasteiger partial charge in [-0.1, -0.05) is 12.1 Å². The van der Waals surface area contributed by atoms with Gasteiger partial charge < -0.3 is 10.5 Å². The Morgan fingerprint density at radius 1 is 1.25 bits per heavy atom. The van der Waals surface area contributed by atoms with E-state index in [-0.39, 0.29) is 11.3 Å². The van der Waals surface area contributed by atoms with Crippen LogP contribution >= 0.6 is 0 Å². The van der Waals surface area contributed by atoms with Gasteiger partial charge in [-0.2, -0.15) is 8.78 Å². The lowest BCUT2D eigenvalue weighted by Crippen LogP contribution is -2.40. The summed E-state index contributed by atoms with van der Waals surface area (Å²) in [7, 11) is 0. The molecule has 2 nitrogen and oxygen atoms in total. The summed E-state index contributed by atoms with van der Waals surface area (Å²) in [5.74, 6) is -0.190. The maximum atomic E-state index is 12.6. The minimum absolute atomic E-state index is 0.0423. The first-order valence-corrected chi connectivity index (χ1v) is 4.46. The zero-order valence-corrected chi connectivity index (χ0v) is 8.46. The van der Waals surface area contributed by atoms with E-state index in [0.717, 1.165) is 13.0 Å². The lowest BCUT2D eigenvalue weighted by molar-refractivity contribution is -0.0500. The average molecular weight is 237 g/mol. The molecule has 0 fully saturated rings. The largest absolute Gasteiger partial charge is 0.435 e. The number of rotatable bonds is 4. The molecule has 0 aliphatic carbocycles. The summed E-state index contributed by atoms with van der Waals surface area (Å²) in [6, 6.07) is 5.00. The Morgan fingerprint density at radius 3 is 2.38 bits per heavy atom. The third-order valence-electron chi connectivity index (χ3n) is 2.13. The molecule has 16 heavy (non-hydrogen) atoms. The SMILES string of the molecule is CC(N)(c1cccc(OC(F)F)c1)C(F)F. The second kappa shape index (κ2) is 4.69. The highest BCUT2D eigenvalue weighted by atomic mass is 19.3. The van der Waals surface area contributed by atoms with Crippen molar-refractivity contribution >= 4 is 0 Å². The van der Waals surface area contributed by atoms with Crippen LogP contribution in [0.2, 0.25) is 0 Å². The molecule has 0 amide bonds. The lowest BCUT2D eigenvalue weighted by Gasteiger charge is -2.24. The fraction of sp³-hybridized carbons (Fsp3) is 0.400. The van der Waals surface area contributed by atoms with Crippen molar-refractivity contribution in [2.24, 2.45) is 5.73 Å². The Kier molecular flexibility index (Phi) is 3.74. The number of hydrogen-bond acceptors (Lipinski definition) is 2. The number of hydrogen-bond donors (Lipinski definition) is 1. The molecule has 1 aromatic carbocycles. The molecule has 0 spiro atoms. The maximum absolute atomic E-state index is 12.6. The van der Waals surface area contributed by atoms with Crippen LogP contribution in [0.25, 0.3) is 0 Å². The van der Waals surface area contributed by atoms with Crippen molar-refractivity contribution in [1.82, 2.24) is 0 Å². The Balaban J connectivity index is 2.98. The average Bonchev–Trinajstić information content (AvgIpc) is 2.16. The number of benzene rings is 1. The van der Waals surface area contributed by atoms with Crippen LogP contribution in [0.4, 0.5) is 17.6 Å². The van der Waals surface area contributed by atoms with Crippen LogP contribution in [0.5, 0.6) is 5.75 Å². The van der Waals surface area contributed by atoms with Crippen molar-refractivity contribution in [3.05, 3.63) is 29.8 Å². The molecule has 2 N–H and O–H groups in total. The molecule has 1 unspecified atom stereocenters. The van der Waals surface area contributed by atoms with Gasteiger partial charge in [-0.25, -0.2) is 8.78 Å². The molecule has 0 aliphatic rings. The minimum atomic E-state index is -2.99. The molecule has 1 aromatic rings. The number of nitrogens with two attached hydrogens (primary N) is 1. The van der Waals surface area contributed by atoms with Crippen LogP contribution in [0, 0.1) is 0 Å². The smallest absolute Gasteiger partial charge is 0.387 e. The normalized spacial score (nSPS) is 15.2. The summed E-state index contributed by atoms with van der Waals surface area (Å²) in [6.45, 7) is -1.87. The number of ether oxygens (including phenoxy) is 1. The van der Waals surface area contributed by atoms with Crippen molar-refractivity contribution in [3.8, 4) is 5.75 Å². The first kappa shape index (κ1) is 12.8. The Bertz CT molecular complexity index is 354. The van der Waals surface area contributed by atoms with Gasteiger partial charge in [-0.3, -0.25) is 0 Å². The molecule has 1 atom stereocenters. The molecule has 0 radical (unpaired) electrons. The summed E-state index contributed by atoms with van der Waals surface area (Å²) in [5, 5.41) is 0. The van der Waals surface area contributed by atoms with Gasteiger partial charge in [0.15, 0.2) is 0 Å². The first-order chi connectivity index (χ1) is 7.34. The molecule has 0 heterocycles. The van der Waals surface area contributed by atoms with Gasteiger partial charge in [0.05, 0.1) is 5.54 Å². The van der Waals surface area contributed by atoms with Gasteiger partial charge >= 0.3 is 6.61 Å². The number of alkyl halides is 4. The predicted octanol–water partition coefficient (Wildman–Crippen LogP) is 2.73. The molecular formula is C10H11F4NO. The molecule has 90 valence electrons. The maximum Gasteiger partial charge on any atom is 0.387 e. The number of halogens is 4. The Labute approximate surface area is 90.0 Å². The Hall–Kier alpha value is -1.30. The standard InChI is InChI=1S/C10H11F4NO/c1-10(15,8(11)12)6-3-2-4-7(5-6)16-9(13)14/h2-5,8-9H,15H2,1H3. The highest BCUT2D eigenvalue weighted by molar-refractivity contribution is 5.33. The summed E-state index contributed by atoms with van der Waals surface area (Å²) < 4.78 is 53.1. The molecule has 1 rings (SSSR count). The van der Waals surface area contributed by atoms with Gasteiger partial charge in [0, 0.05) is 0 Å². The fourth-order valence-electron chi connectivity index (χ4n) is 1.13. The minimum Gasteiger partial charge on any atom is -0.435 e. The topological polar surface area (TPSA) is 35.2 Å². The highest BCUT2D eigenvalue weighted by Gasteiger charge is 2.32. The van der Waals surface area contributed by atoms with E-state index >= 15 is 0 Å². The van der Waals surface area contributed by atoms with Crippen LogP contribution in [0.15, 0.2) is 24.3 Å². The van der Waals surface area contributed by atoms with E-state index in [1.54, 1.807) is 0 Å². The summed E-state index contributed by atoms with van der Waals surface area (Å²) in [6.07, 6.45) is -2.80. The molecule has 0 aromatic heterocycles. The van der Waals surface area contributed by atoms with E-state index in [2.05, 4.69) is 4.74 Å². The molecular weight excluding hydrogens is 226 g/mol. The second-order valence-electron chi connectivity index (χ2n) is 3.49. The lowest BCUT2D eigenvalue weighted by atomic mass is 9.94. The van der Waals surface area contributed by atoms with E-state index in [0.29, 0.717) is 0 Å². The molecule has 0 saturated carbocycles. The molecule has 0 aliphatic heterocycles. The van der Waals surface area contributed by atoms with E-state index in [1.807, 2.05) is 0 Å². The van der Waals surface area contributed by atoms with Gasteiger partial charge in [0.1, 0.15) is 5.75 Å². The molecule has 0 saturated heterocycles. The predicted molar refractivity (Wildman–Crippen MR) is 50.6 cm³/mol. The van der Waals surface area contributed by atoms with Crippen molar-refractivity contribution in [3.63, 3.8) is 0 Å². The molecule has 0 bridgehead atoms. The van der Waals surface area contributed by atoms with Gasteiger partial charge in [-0.05, 0) is 24.6 Å². The third kappa shape index (κ3) is 2.85. The van der Waals surface area contributed by atoms with Crippen LogP contribution in [0.3, 0.4) is 0 Å². The van der Waals surface area contributed by atoms with Crippen molar-refractivity contribution in [2.75, 3.05) is 0 Å². The highest BCUT2D eigenvalue weighted by Crippen LogP contribution is 2.28. The first-order valence-electron chi connectivity index (χ1n) is 4.46. The van der Waals surface area contributed by atoms with Gasteiger partial charge in [0.25, 0.3) is 6.43 Å². The van der Waals surface area contributed by atoms with Gasteiger partial charge in [-0.15, -0.1) is 0 Å². The van der Waals surface area contributed by atoms with Crippen LogP contribution in [-0.2, 0) is 5.54 Å². The fourth-order valence-corrected chi connectivity index (χ4v) is 1.13. The Morgan fingerprint density at radius 2 is 1.88 bits per heavy atom. The van der Waals surface area contributed by atoms with E-state index in [1.165, 1.54) is 18.2 Å². The summed E-state index contributed by atoms with van der Waals surface area (Å²) in [4.78, 5) is 0. The van der Waals surface area contributed by atoms with Crippen LogP contribution in [0.1, 0.15) is 12.5 Å². The van der Waals surface area contributed by atoms with Crippen molar-refractivity contribution < 1.29 is 22.3 Å². The monoisotopic (exact) mass is 237 g/mol. The van der Waals surface area contributed by atoms with E-state index in [4.69, 9.17) is 5.73 Å². The summed E-state index contributed by atoms with van der Waals surface area (Å²) >= 11 is 0. The second-order valence-corrected chi connectivity index (χ2v) is 3.49. The van der Waals surface area contributed by atoms with Crippen molar-refractivity contribution in [2.45, 2.75) is 25.5 Å². The zero-order valence-electron chi connectivity index (χ0n) is 8.46. The van der Waals surface area contributed by atoms with Crippen LogP contribution < -0.4 is 10.5 Å². The molecule has 6 heteroatoms. The van der Waals surface area contributed by atoms with E-state index < -0.39 is 18.6 Å². The zero-order chi connectivity index (χ0) is 12.3. The quantitative estimate of drug-likeness (QED) is 0.817. The van der Waals surface area contributed by atoms with Crippen molar-refractivity contribution in [1.29, 1.82) is 0 Å². The third-order valence-corrected chi connectivity index (χ3v) is 2.13. The summed E-state index contributed by atoms with van der Waals surface area (Å²) in [5.41, 5.74) is 3.54.